The van der Waals surface area contributed by atoms with Gasteiger partial charge < -0.3 is 4.42 Å². The predicted octanol–water partition coefficient (Wildman–Crippen LogP) is 5.95. The molecular formula is C17H22O. The summed E-state index contributed by atoms with van der Waals surface area (Å²) < 4.78 is 5.78. The molecule has 96 valence electrons. The summed E-state index contributed by atoms with van der Waals surface area (Å²) >= 11 is 0. The minimum atomic E-state index is 0.969. The Labute approximate surface area is 109 Å². The molecule has 1 nitrogen and oxygen atoms in total. The monoisotopic (exact) mass is 242 g/mol. The maximum Gasteiger partial charge on any atom is 0.138 e. The van der Waals surface area contributed by atoms with Crippen molar-refractivity contribution >= 4 is 21.9 Å². The Morgan fingerprint density at radius 2 is 1.33 bits per heavy atom. The second kappa shape index (κ2) is 6.85. The molecule has 0 saturated carbocycles. The third-order valence-corrected chi connectivity index (χ3v) is 2.60. The highest BCUT2D eigenvalue weighted by molar-refractivity contribution is 6.05. The molecule has 1 heterocycles. The third kappa shape index (κ3) is 2.56. The van der Waals surface area contributed by atoms with Gasteiger partial charge in [-0.15, -0.1) is 0 Å². The molecule has 0 unspecified atom stereocenters. The summed E-state index contributed by atoms with van der Waals surface area (Å²) in [6, 6.07) is 14.4. The van der Waals surface area contributed by atoms with E-state index in [1.54, 1.807) is 0 Å². The van der Waals surface area contributed by atoms with Crippen LogP contribution < -0.4 is 0 Å². The summed E-state index contributed by atoms with van der Waals surface area (Å²) in [6.07, 6.45) is 0. The lowest BCUT2D eigenvalue weighted by atomic mass is 10.1. The smallest absolute Gasteiger partial charge is 0.138 e. The predicted molar refractivity (Wildman–Crippen MR) is 81.2 cm³/mol. The van der Waals surface area contributed by atoms with Crippen LogP contribution in [0.5, 0.6) is 0 Å². The van der Waals surface area contributed by atoms with Crippen LogP contribution in [0.4, 0.5) is 0 Å². The zero-order valence-electron chi connectivity index (χ0n) is 11.9. The van der Waals surface area contributed by atoms with Crippen LogP contribution in [0, 0.1) is 6.92 Å². The van der Waals surface area contributed by atoms with Gasteiger partial charge in [0, 0.05) is 10.8 Å². The van der Waals surface area contributed by atoms with Crippen molar-refractivity contribution in [3.05, 3.63) is 48.0 Å². The van der Waals surface area contributed by atoms with Crippen LogP contribution in [0.2, 0.25) is 0 Å². The van der Waals surface area contributed by atoms with E-state index < -0.39 is 0 Å². The van der Waals surface area contributed by atoms with Crippen LogP contribution in [0.25, 0.3) is 21.9 Å². The van der Waals surface area contributed by atoms with E-state index in [0.29, 0.717) is 0 Å². The quantitative estimate of drug-likeness (QED) is 0.475. The Morgan fingerprint density at radius 1 is 0.722 bits per heavy atom. The number of rotatable bonds is 0. The zero-order valence-corrected chi connectivity index (χ0v) is 11.9. The first-order valence-electron chi connectivity index (χ1n) is 6.73. The lowest BCUT2D eigenvalue weighted by Gasteiger charge is -1.91. The van der Waals surface area contributed by atoms with Gasteiger partial charge in [0.25, 0.3) is 0 Å². The maximum absolute atomic E-state index is 5.78. The van der Waals surface area contributed by atoms with Gasteiger partial charge in [0.2, 0.25) is 0 Å². The molecule has 3 rings (SSSR count). The number of hydrogen-bond acceptors (Lipinski definition) is 1. The molecule has 0 bridgehead atoms. The van der Waals surface area contributed by atoms with E-state index in [-0.39, 0.29) is 0 Å². The Kier molecular flexibility index (Phi) is 5.44. The molecule has 0 radical (unpaired) electrons. The van der Waals surface area contributed by atoms with Gasteiger partial charge in [-0.25, -0.2) is 0 Å². The van der Waals surface area contributed by atoms with Crippen molar-refractivity contribution in [3.8, 4) is 0 Å². The summed E-state index contributed by atoms with van der Waals surface area (Å²) in [5.74, 6) is 0. The van der Waals surface area contributed by atoms with Crippen molar-refractivity contribution in [1.82, 2.24) is 0 Å². The lowest BCUT2D eigenvalue weighted by molar-refractivity contribution is 0.666. The summed E-state index contributed by atoms with van der Waals surface area (Å²) in [5.41, 5.74) is 3.17. The molecule has 2 aromatic carbocycles. The summed E-state index contributed by atoms with van der Waals surface area (Å²) in [6.45, 7) is 10.1. The normalized spacial score (nSPS) is 9.39. The average molecular weight is 242 g/mol. The molecule has 0 N–H and O–H groups in total. The highest BCUT2D eigenvalue weighted by Crippen LogP contribution is 2.29. The second-order valence-electron chi connectivity index (χ2n) is 3.55. The van der Waals surface area contributed by atoms with Crippen molar-refractivity contribution < 1.29 is 4.42 Å². The minimum Gasteiger partial charge on any atom is -0.456 e. The average Bonchev–Trinajstić information content (AvgIpc) is 2.84. The van der Waals surface area contributed by atoms with Crippen LogP contribution in [0.15, 0.2) is 46.9 Å². The van der Waals surface area contributed by atoms with E-state index in [9.17, 15) is 0 Å². The molecule has 0 aliphatic rings. The maximum atomic E-state index is 5.78. The fourth-order valence-electron chi connectivity index (χ4n) is 1.89. The van der Waals surface area contributed by atoms with E-state index in [1.807, 2.05) is 45.9 Å². The molecule has 1 heteroatoms. The number of benzene rings is 2. The third-order valence-electron chi connectivity index (χ3n) is 2.60. The molecule has 0 aliphatic carbocycles. The van der Waals surface area contributed by atoms with E-state index in [4.69, 9.17) is 4.42 Å². The topological polar surface area (TPSA) is 13.1 Å². The first-order valence-corrected chi connectivity index (χ1v) is 6.73. The highest BCUT2D eigenvalue weighted by atomic mass is 16.3. The first kappa shape index (κ1) is 14.3. The van der Waals surface area contributed by atoms with Crippen molar-refractivity contribution in [1.29, 1.82) is 0 Å². The molecule has 18 heavy (non-hydrogen) atoms. The van der Waals surface area contributed by atoms with E-state index in [2.05, 4.69) is 31.2 Å². The molecule has 0 fully saturated rings. The molecule has 0 aliphatic heterocycles. The van der Waals surface area contributed by atoms with Crippen LogP contribution in [0.3, 0.4) is 0 Å². The molecule has 0 saturated heterocycles. The van der Waals surface area contributed by atoms with Crippen LogP contribution in [0.1, 0.15) is 33.3 Å². The number of aryl methyl sites for hydroxylation is 1. The van der Waals surface area contributed by atoms with Gasteiger partial charge in [0.15, 0.2) is 0 Å². The Hall–Kier alpha value is -1.76. The summed E-state index contributed by atoms with van der Waals surface area (Å²) in [4.78, 5) is 0. The Balaban J connectivity index is 0.000000371. The minimum absolute atomic E-state index is 0.969. The molecule has 1 aromatic heterocycles. The zero-order chi connectivity index (χ0) is 13.5. The van der Waals surface area contributed by atoms with Crippen molar-refractivity contribution in [2.24, 2.45) is 0 Å². The summed E-state index contributed by atoms with van der Waals surface area (Å²) in [5, 5.41) is 2.41. The van der Waals surface area contributed by atoms with Crippen LogP contribution >= 0.6 is 0 Å². The Morgan fingerprint density at radius 3 is 2.06 bits per heavy atom. The van der Waals surface area contributed by atoms with Gasteiger partial charge in [-0.2, -0.15) is 0 Å². The van der Waals surface area contributed by atoms with E-state index >= 15 is 0 Å². The van der Waals surface area contributed by atoms with Gasteiger partial charge in [-0.1, -0.05) is 64.1 Å². The first-order chi connectivity index (χ1) is 8.86. The number of furan rings is 1. The molecular weight excluding hydrogens is 220 g/mol. The molecule has 0 amide bonds. The lowest BCUT2D eigenvalue weighted by Crippen LogP contribution is -1.70. The van der Waals surface area contributed by atoms with Crippen LogP contribution in [-0.2, 0) is 0 Å². The number of hydrogen-bond donors (Lipinski definition) is 0. The largest absolute Gasteiger partial charge is 0.456 e. The molecule has 3 aromatic rings. The fraction of sp³-hybridized carbons (Fsp3) is 0.294. The van der Waals surface area contributed by atoms with E-state index in [1.165, 1.54) is 16.3 Å². The summed E-state index contributed by atoms with van der Waals surface area (Å²) in [7, 11) is 0. The van der Waals surface area contributed by atoms with Gasteiger partial charge in [0.05, 0.1) is 0 Å². The van der Waals surface area contributed by atoms with Gasteiger partial charge in [-0.05, 0) is 18.6 Å². The SMILES string of the molecule is CC.CC.Cc1cccc2c1oc1ccccc12. The molecule has 0 atom stereocenters. The van der Waals surface area contributed by atoms with E-state index in [0.717, 1.165) is 11.2 Å². The van der Waals surface area contributed by atoms with Crippen LogP contribution in [-0.4, -0.2) is 0 Å². The highest BCUT2D eigenvalue weighted by Gasteiger charge is 2.06. The fourth-order valence-corrected chi connectivity index (χ4v) is 1.89. The van der Waals surface area contributed by atoms with Gasteiger partial charge >= 0.3 is 0 Å². The van der Waals surface area contributed by atoms with Gasteiger partial charge in [0.1, 0.15) is 11.2 Å². The second-order valence-corrected chi connectivity index (χ2v) is 3.55. The molecule has 0 spiro atoms. The van der Waals surface area contributed by atoms with Crippen molar-refractivity contribution in [2.75, 3.05) is 0 Å². The van der Waals surface area contributed by atoms with Crippen molar-refractivity contribution in [3.63, 3.8) is 0 Å². The Bertz CT molecular complexity index is 605. The standard InChI is InChI=1S/C13H10O.2C2H6/c1-9-5-4-7-11-10-6-2-3-8-12(10)14-13(9)11;2*1-2/h2-8H,1H3;2*1-2H3. The number of para-hydroxylation sites is 2. The number of fused-ring (bicyclic) bond motifs is 3. The van der Waals surface area contributed by atoms with Gasteiger partial charge in [-0.3, -0.25) is 0 Å². The van der Waals surface area contributed by atoms with Crippen molar-refractivity contribution in [2.45, 2.75) is 34.6 Å².